The van der Waals surface area contributed by atoms with E-state index in [0.717, 1.165) is 38.2 Å². The summed E-state index contributed by atoms with van der Waals surface area (Å²) in [5.74, 6) is 0. The fourth-order valence-electron chi connectivity index (χ4n) is 2.25. The summed E-state index contributed by atoms with van der Waals surface area (Å²) in [6, 6.07) is 13.5. The van der Waals surface area contributed by atoms with E-state index in [1.165, 1.54) is 5.56 Å². The first-order chi connectivity index (χ1) is 12.6. The Labute approximate surface area is 155 Å². The zero-order valence-corrected chi connectivity index (χ0v) is 15.6. The second-order valence-corrected chi connectivity index (χ2v) is 5.88. The third-order valence-electron chi connectivity index (χ3n) is 3.57. The van der Waals surface area contributed by atoms with Crippen molar-refractivity contribution in [1.82, 2.24) is 10.3 Å². The first kappa shape index (κ1) is 21.2. The van der Waals surface area contributed by atoms with E-state index in [4.69, 9.17) is 5.26 Å². The summed E-state index contributed by atoms with van der Waals surface area (Å²) in [6.45, 7) is 9.67. The highest BCUT2D eigenvalue weighted by atomic mass is 16.1. The third-order valence-corrected chi connectivity index (χ3v) is 3.57. The largest absolute Gasteiger partial charge is 0.381 e. The number of H-pyrrole nitrogens is 1. The Balaban J connectivity index is 0.00000105. The Hall–Kier alpha value is -2.84. The SMILES string of the molecule is C=CC.Cc1ccc(NCCCNCCc2ccc(C#N)cc2)c(=O)[nH]1. The van der Waals surface area contributed by atoms with Gasteiger partial charge in [0.1, 0.15) is 5.69 Å². The van der Waals surface area contributed by atoms with Gasteiger partial charge in [-0.25, -0.2) is 0 Å². The van der Waals surface area contributed by atoms with Crippen LogP contribution < -0.4 is 16.2 Å². The molecule has 0 bridgehead atoms. The van der Waals surface area contributed by atoms with Crippen LogP contribution in [0.15, 0.2) is 53.8 Å². The van der Waals surface area contributed by atoms with Crippen LogP contribution >= 0.6 is 0 Å². The summed E-state index contributed by atoms with van der Waals surface area (Å²) in [5.41, 5.74) is 3.33. The van der Waals surface area contributed by atoms with Crippen LogP contribution in [0.25, 0.3) is 0 Å². The number of pyridine rings is 1. The molecule has 0 spiro atoms. The molecule has 5 heteroatoms. The Bertz CT molecular complexity index is 757. The smallest absolute Gasteiger partial charge is 0.271 e. The lowest BCUT2D eigenvalue weighted by atomic mass is 10.1. The van der Waals surface area contributed by atoms with Crippen molar-refractivity contribution in [2.45, 2.75) is 26.7 Å². The molecule has 0 radical (unpaired) electrons. The van der Waals surface area contributed by atoms with Crippen molar-refractivity contribution in [1.29, 1.82) is 5.26 Å². The van der Waals surface area contributed by atoms with Crippen molar-refractivity contribution in [3.8, 4) is 6.07 Å². The summed E-state index contributed by atoms with van der Waals surface area (Å²) >= 11 is 0. The molecule has 0 unspecified atom stereocenters. The molecule has 0 atom stereocenters. The van der Waals surface area contributed by atoms with E-state index >= 15 is 0 Å². The molecule has 2 rings (SSSR count). The maximum Gasteiger partial charge on any atom is 0.271 e. The molecule has 1 aromatic heterocycles. The van der Waals surface area contributed by atoms with E-state index in [0.29, 0.717) is 11.3 Å². The molecule has 5 nitrogen and oxygen atoms in total. The molecule has 138 valence electrons. The minimum absolute atomic E-state index is 0.0706. The van der Waals surface area contributed by atoms with Gasteiger partial charge in [0.05, 0.1) is 11.6 Å². The average Bonchev–Trinajstić information content (AvgIpc) is 2.63. The van der Waals surface area contributed by atoms with Crippen LogP contribution in [0.4, 0.5) is 5.69 Å². The first-order valence-corrected chi connectivity index (χ1v) is 8.81. The number of hydrogen-bond acceptors (Lipinski definition) is 4. The van der Waals surface area contributed by atoms with E-state index in [2.05, 4.69) is 28.3 Å². The number of rotatable bonds is 8. The summed E-state index contributed by atoms with van der Waals surface area (Å²) in [7, 11) is 0. The molecule has 3 N–H and O–H groups in total. The van der Waals surface area contributed by atoms with Gasteiger partial charge in [-0.05, 0) is 69.6 Å². The predicted octanol–water partition coefficient (Wildman–Crippen LogP) is 3.38. The van der Waals surface area contributed by atoms with Crippen molar-refractivity contribution >= 4 is 5.69 Å². The quantitative estimate of drug-likeness (QED) is 0.502. The number of anilines is 1. The topological polar surface area (TPSA) is 80.7 Å². The average molecular weight is 352 g/mol. The molecule has 0 saturated carbocycles. The highest BCUT2D eigenvalue weighted by molar-refractivity contribution is 5.40. The number of benzene rings is 1. The molecule has 2 aromatic rings. The van der Waals surface area contributed by atoms with Crippen LogP contribution in [0.5, 0.6) is 0 Å². The maximum absolute atomic E-state index is 11.7. The fraction of sp³-hybridized carbons (Fsp3) is 0.333. The molecule has 0 aliphatic carbocycles. The van der Waals surface area contributed by atoms with E-state index in [1.807, 2.05) is 50.2 Å². The zero-order valence-electron chi connectivity index (χ0n) is 15.6. The zero-order chi connectivity index (χ0) is 19.2. The molecule has 0 aliphatic heterocycles. The summed E-state index contributed by atoms with van der Waals surface area (Å²) < 4.78 is 0. The number of nitrogens with one attached hydrogen (secondary N) is 3. The number of aromatic nitrogens is 1. The second kappa shape index (κ2) is 12.5. The summed E-state index contributed by atoms with van der Waals surface area (Å²) in [6.07, 6.45) is 3.64. The Morgan fingerprint density at radius 1 is 1.15 bits per heavy atom. The van der Waals surface area contributed by atoms with Gasteiger partial charge in [0.2, 0.25) is 0 Å². The lowest BCUT2D eigenvalue weighted by Gasteiger charge is -2.07. The predicted molar refractivity (Wildman–Crippen MR) is 109 cm³/mol. The Morgan fingerprint density at radius 3 is 2.46 bits per heavy atom. The van der Waals surface area contributed by atoms with Gasteiger partial charge in [-0.15, -0.1) is 6.58 Å². The minimum atomic E-state index is -0.0706. The molecule has 0 saturated heterocycles. The monoisotopic (exact) mass is 352 g/mol. The van der Waals surface area contributed by atoms with Crippen LogP contribution in [0, 0.1) is 18.3 Å². The van der Waals surface area contributed by atoms with Gasteiger partial charge in [-0.1, -0.05) is 18.2 Å². The lowest BCUT2D eigenvalue weighted by Crippen LogP contribution is -2.22. The fourth-order valence-corrected chi connectivity index (χ4v) is 2.25. The number of aryl methyl sites for hydroxylation is 1. The molecule has 0 fully saturated rings. The molecule has 26 heavy (non-hydrogen) atoms. The number of hydrogen-bond donors (Lipinski definition) is 3. The molecule has 1 aromatic carbocycles. The number of aromatic amines is 1. The third kappa shape index (κ3) is 8.32. The second-order valence-electron chi connectivity index (χ2n) is 5.88. The van der Waals surface area contributed by atoms with Gasteiger partial charge in [-0.2, -0.15) is 5.26 Å². The molecular formula is C21H28N4O. The lowest BCUT2D eigenvalue weighted by molar-refractivity contribution is 0.660. The highest BCUT2D eigenvalue weighted by Crippen LogP contribution is 2.03. The van der Waals surface area contributed by atoms with Crippen LogP contribution in [0.2, 0.25) is 0 Å². The minimum Gasteiger partial charge on any atom is -0.381 e. The Kier molecular flexibility index (Phi) is 10.2. The van der Waals surface area contributed by atoms with Gasteiger partial charge in [0.15, 0.2) is 0 Å². The standard InChI is InChI=1S/C18H22N4O.C3H6/c1-14-3-8-17(18(23)22-14)21-11-2-10-20-12-9-15-4-6-16(13-19)7-5-15;1-3-2/h3-8,20-21H,2,9-12H2,1H3,(H,22,23);3H,1H2,2H3. The highest BCUT2D eigenvalue weighted by Gasteiger charge is 1.98. The van der Waals surface area contributed by atoms with E-state index in [9.17, 15) is 4.79 Å². The van der Waals surface area contributed by atoms with Crippen LogP contribution in [0.1, 0.15) is 30.2 Å². The van der Waals surface area contributed by atoms with Gasteiger partial charge in [-0.3, -0.25) is 4.79 Å². The molecular weight excluding hydrogens is 324 g/mol. The molecule has 1 heterocycles. The normalized spacial score (nSPS) is 9.58. The first-order valence-electron chi connectivity index (χ1n) is 8.81. The van der Waals surface area contributed by atoms with Gasteiger partial charge in [0.25, 0.3) is 5.56 Å². The van der Waals surface area contributed by atoms with Crippen molar-refractivity contribution in [3.05, 3.63) is 76.2 Å². The molecule has 0 amide bonds. The number of allylic oxidation sites excluding steroid dienone is 1. The van der Waals surface area contributed by atoms with Gasteiger partial charge >= 0.3 is 0 Å². The van der Waals surface area contributed by atoms with E-state index in [-0.39, 0.29) is 5.56 Å². The van der Waals surface area contributed by atoms with Crippen LogP contribution in [-0.2, 0) is 6.42 Å². The van der Waals surface area contributed by atoms with Crippen molar-refractivity contribution in [3.63, 3.8) is 0 Å². The van der Waals surface area contributed by atoms with Crippen molar-refractivity contribution in [2.75, 3.05) is 25.0 Å². The van der Waals surface area contributed by atoms with Crippen molar-refractivity contribution in [2.24, 2.45) is 0 Å². The van der Waals surface area contributed by atoms with E-state index < -0.39 is 0 Å². The maximum atomic E-state index is 11.7. The van der Waals surface area contributed by atoms with Crippen LogP contribution in [-0.4, -0.2) is 24.6 Å². The summed E-state index contributed by atoms with van der Waals surface area (Å²) in [4.78, 5) is 14.4. The summed E-state index contributed by atoms with van der Waals surface area (Å²) in [5, 5.41) is 15.3. The van der Waals surface area contributed by atoms with E-state index in [1.54, 1.807) is 6.08 Å². The van der Waals surface area contributed by atoms with Crippen LogP contribution in [0.3, 0.4) is 0 Å². The number of nitriles is 1. The Morgan fingerprint density at radius 2 is 1.85 bits per heavy atom. The number of nitrogens with zero attached hydrogens (tertiary/aromatic N) is 1. The molecule has 0 aliphatic rings. The van der Waals surface area contributed by atoms with Gasteiger partial charge in [0, 0.05) is 12.2 Å². The van der Waals surface area contributed by atoms with Gasteiger partial charge < -0.3 is 15.6 Å². The van der Waals surface area contributed by atoms with Crippen molar-refractivity contribution < 1.29 is 0 Å².